The number of aromatic hydroxyl groups is 1. The Morgan fingerprint density at radius 2 is 1.86 bits per heavy atom. The fraction of sp³-hybridized carbons (Fsp3) is 0.0500. The van der Waals surface area contributed by atoms with Crippen molar-refractivity contribution in [1.29, 1.82) is 0 Å². The van der Waals surface area contributed by atoms with Gasteiger partial charge in [-0.15, -0.1) is 0 Å². The van der Waals surface area contributed by atoms with Crippen LogP contribution in [0.5, 0.6) is 5.75 Å². The maximum absolute atomic E-state index is 13.1. The second-order valence-electron chi connectivity index (χ2n) is 6.14. The fourth-order valence-corrected chi connectivity index (χ4v) is 2.91. The molecule has 1 amide bonds. The number of carbonyl (C=O) groups excluding carboxylic acids is 1. The van der Waals surface area contributed by atoms with Crippen molar-refractivity contribution >= 4 is 16.9 Å². The van der Waals surface area contributed by atoms with Gasteiger partial charge in [-0.1, -0.05) is 30.3 Å². The summed E-state index contributed by atoms with van der Waals surface area (Å²) in [4.78, 5) is 27.5. The van der Waals surface area contributed by atoms with Gasteiger partial charge in [-0.3, -0.25) is 9.59 Å². The molecule has 2 aromatic carbocycles. The lowest BCUT2D eigenvalue weighted by molar-refractivity contribution is 0.0947. The molecule has 0 bridgehead atoms. The largest absolute Gasteiger partial charge is 0.506 e. The van der Waals surface area contributed by atoms with Crippen molar-refractivity contribution < 1.29 is 14.3 Å². The number of aromatic nitrogens is 3. The standard InChI is InChI=1S/C20H15FN4O3/c21-13-6-8-14(9-7-13)25-18-15(11-23-25)17(26)16(20(28)24-18)19(27)22-10-12-4-2-1-3-5-12/h1-9,11H,10H2,(H,22,27)(H2,24,26,28). The molecule has 0 radical (unpaired) electrons. The summed E-state index contributed by atoms with van der Waals surface area (Å²) in [6.45, 7) is 0.214. The summed E-state index contributed by atoms with van der Waals surface area (Å²) in [5.74, 6) is -1.56. The van der Waals surface area contributed by atoms with E-state index in [1.807, 2.05) is 30.3 Å². The lowest BCUT2D eigenvalue weighted by Gasteiger charge is -2.08. The molecule has 0 aliphatic heterocycles. The number of fused-ring (bicyclic) bond motifs is 1. The predicted octanol–water partition coefficient (Wildman–Crippen LogP) is 2.49. The molecule has 0 atom stereocenters. The third-order valence-corrected chi connectivity index (χ3v) is 4.31. The minimum absolute atomic E-state index is 0.203. The first-order valence-electron chi connectivity index (χ1n) is 8.45. The van der Waals surface area contributed by atoms with Gasteiger partial charge >= 0.3 is 0 Å². The number of aromatic amines is 1. The summed E-state index contributed by atoms with van der Waals surface area (Å²) in [5.41, 5.74) is 0.417. The average Bonchev–Trinajstić information content (AvgIpc) is 3.12. The Labute approximate surface area is 158 Å². The minimum Gasteiger partial charge on any atom is -0.506 e. The van der Waals surface area contributed by atoms with E-state index in [0.717, 1.165) is 5.56 Å². The van der Waals surface area contributed by atoms with E-state index >= 15 is 0 Å². The van der Waals surface area contributed by atoms with Crippen LogP contribution in [0.2, 0.25) is 0 Å². The van der Waals surface area contributed by atoms with Gasteiger partial charge in [-0.2, -0.15) is 5.10 Å². The minimum atomic E-state index is -0.751. The first-order chi connectivity index (χ1) is 13.5. The number of nitrogens with one attached hydrogen (secondary N) is 2. The lowest BCUT2D eigenvalue weighted by Crippen LogP contribution is -2.29. The molecule has 4 aromatic rings. The van der Waals surface area contributed by atoms with Gasteiger partial charge in [0.2, 0.25) is 0 Å². The molecule has 0 spiro atoms. The molecule has 2 heterocycles. The Morgan fingerprint density at radius 3 is 2.57 bits per heavy atom. The molecule has 7 nitrogen and oxygen atoms in total. The number of halogens is 1. The maximum atomic E-state index is 13.1. The number of rotatable bonds is 4. The van der Waals surface area contributed by atoms with Crippen LogP contribution in [-0.4, -0.2) is 25.8 Å². The molecule has 2 aromatic heterocycles. The number of amides is 1. The average molecular weight is 378 g/mol. The summed E-state index contributed by atoms with van der Waals surface area (Å²) in [6, 6.07) is 14.7. The van der Waals surface area contributed by atoms with Crippen LogP contribution < -0.4 is 10.9 Å². The van der Waals surface area contributed by atoms with Gasteiger partial charge in [0.25, 0.3) is 11.5 Å². The maximum Gasteiger partial charge on any atom is 0.266 e. The van der Waals surface area contributed by atoms with Crippen LogP contribution in [0.3, 0.4) is 0 Å². The van der Waals surface area contributed by atoms with Crippen molar-refractivity contribution in [2.24, 2.45) is 0 Å². The van der Waals surface area contributed by atoms with Crippen molar-refractivity contribution in [3.63, 3.8) is 0 Å². The highest BCUT2D eigenvalue weighted by Gasteiger charge is 2.21. The number of hydrogen-bond acceptors (Lipinski definition) is 4. The Bertz CT molecular complexity index is 1210. The third-order valence-electron chi connectivity index (χ3n) is 4.31. The zero-order chi connectivity index (χ0) is 19.7. The number of hydrogen-bond donors (Lipinski definition) is 3. The first kappa shape index (κ1) is 17.5. The fourth-order valence-electron chi connectivity index (χ4n) is 2.91. The third kappa shape index (κ3) is 3.11. The van der Waals surface area contributed by atoms with Gasteiger partial charge in [0.15, 0.2) is 0 Å². The van der Waals surface area contributed by atoms with Crippen molar-refractivity contribution in [1.82, 2.24) is 20.1 Å². The number of benzene rings is 2. The van der Waals surface area contributed by atoms with Crippen LogP contribution in [0.1, 0.15) is 15.9 Å². The Morgan fingerprint density at radius 1 is 1.14 bits per heavy atom. The molecule has 0 unspecified atom stereocenters. The van der Waals surface area contributed by atoms with Gasteiger partial charge in [0.05, 0.1) is 17.3 Å². The van der Waals surface area contributed by atoms with Crippen molar-refractivity contribution in [2.45, 2.75) is 6.54 Å². The molecule has 0 saturated carbocycles. The van der Waals surface area contributed by atoms with Gasteiger partial charge in [0, 0.05) is 6.54 Å². The summed E-state index contributed by atoms with van der Waals surface area (Å²) < 4.78 is 14.5. The van der Waals surface area contributed by atoms with Crippen molar-refractivity contribution in [3.8, 4) is 11.4 Å². The van der Waals surface area contributed by atoms with Gasteiger partial charge < -0.3 is 15.4 Å². The topological polar surface area (TPSA) is 100 Å². The van der Waals surface area contributed by atoms with E-state index in [-0.39, 0.29) is 23.1 Å². The quantitative estimate of drug-likeness (QED) is 0.508. The van der Waals surface area contributed by atoms with Crippen LogP contribution in [0.4, 0.5) is 4.39 Å². The Kier molecular flexibility index (Phi) is 4.36. The number of H-pyrrole nitrogens is 1. The molecule has 4 rings (SSSR count). The van der Waals surface area contributed by atoms with Crippen LogP contribution in [0.25, 0.3) is 16.7 Å². The number of nitrogens with zero attached hydrogens (tertiary/aromatic N) is 2. The predicted molar refractivity (Wildman–Crippen MR) is 101 cm³/mol. The molecular formula is C20H15FN4O3. The van der Waals surface area contributed by atoms with E-state index in [0.29, 0.717) is 5.69 Å². The second kappa shape index (κ2) is 6.99. The molecule has 0 aliphatic rings. The van der Waals surface area contributed by atoms with Crippen LogP contribution in [-0.2, 0) is 6.54 Å². The van der Waals surface area contributed by atoms with Crippen LogP contribution >= 0.6 is 0 Å². The van der Waals surface area contributed by atoms with Crippen molar-refractivity contribution in [2.75, 3.05) is 0 Å². The zero-order valence-corrected chi connectivity index (χ0v) is 14.5. The summed E-state index contributed by atoms with van der Waals surface area (Å²) >= 11 is 0. The Hall–Kier alpha value is -3.94. The van der Waals surface area contributed by atoms with Crippen molar-refractivity contribution in [3.05, 3.63) is 88.1 Å². The number of carbonyl (C=O) groups is 1. The molecule has 140 valence electrons. The first-order valence-corrected chi connectivity index (χ1v) is 8.45. The van der Waals surface area contributed by atoms with E-state index in [2.05, 4.69) is 15.4 Å². The molecule has 0 saturated heterocycles. The second-order valence-corrected chi connectivity index (χ2v) is 6.14. The molecule has 3 N–H and O–H groups in total. The van der Waals surface area contributed by atoms with E-state index in [1.54, 1.807) is 0 Å². The SMILES string of the molecule is O=C(NCc1ccccc1)c1c(O)c2cnn(-c3ccc(F)cc3)c2[nH]c1=O. The Balaban J connectivity index is 1.70. The molecule has 0 aliphatic carbocycles. The van der Waals surface area contributed by atoms with E-state index in [4.69, 9.17) is 0 Å². The highest BCUT2D eigenvalue weighted by molar-refractivity contribution is 6.01. The van der Waals surface area contributed by atoms with Gasteiger partial charge in [-0.05, 0) is 29.8 Å². The van der Waals surface area contributed by atoms with E-state index < -0.39 is 23.0 Å². The normalized spacial score (nSPS) is 10.9. The summed E-state index contributed by atoms with van der Waals surface area (Å²) in [7, 11) is 0. The zero-order valence-electron chi connectivity index (χ0n) is 14.5. The van der Waals surface area contributed by atoms with E-state index in [1.165, 1.54) is 35.1 Å². The monoisotopic (exact) mass is 378 g/mol. The summed E-state index contributed by atoms with van der Waals surface area (Å²) in [5, 5.41) is 17.5. The van der Waals surface area contributed by atoms with Crippen LogP contribution in [0.15, 0.2) is 65.6 Å². The summed E-state index contributed by atoms with van der Waals surface area (Å²) in [6.07, 6.45) is 1.33. The number of pyridine rings is 1. The highest BCUT2D eigenvalue weighted by Crippen LogP contribution is 2.26. The van der Waals surface area contributed by atoms with Gasteiger partial charge in [0.1, 0.15) is 22.8 Å². The van der Waals surface area contributed by atoms with E-state index in [9.17, 15) is 19.1 Å². The smallest absolute Gasteiger partial charge is 0.266 e. The van der Waals surface area contributed by atoms with Gasteiger partial charge in [-0.25, -0.2) is 9.07 Å². The highest BCUT2D eigenvalue weighted by atomic mass is 19.1. The lowest BCUT2D eigenvalue weighted by atomic mass is 10.1. The molecule has 0 fully saturated rings. The van der Waals surface area contributed by atoms with Crippen LogP contribution in [0, 0.1) is 5.82 Å². The molecular weight excluding hydrogens is 363 g/mol. The molecule has 28 heavy (non-hydrogen) atoms. The molecule has 8 heteroatoms.